The zero-order valence-corrected chi connectivity index (χ0v) is 19.3. The SMILES string of the molecule is CN(C(=N)N)c1ccc(-c2ccc(-c3nc4ccc(N(C)C(=N)N)cc4n3C)[se]2)cc1. The van der Waals surface area contributed by atoms with Crippen LogP contribution >= 0.6 is 0 Å². The Morgan fingerprint density at radius 1 is 0.871 bits per heavy atom. The summed E-state index contributed by atoms with van der Waals surface area (Å²) in [6.45, 7) is 0. The zero-order chi connectivity index (χ0) is 22.3. The van der Waals surface area contributed by atoms with Gasteiger partial charge in [0.1, 0.15) is 0 Å². The first-order valence-corrected chi connectivity index (χ1v) is 11.3. The third-order valence-electron chi connectivity index (χ3n) is 5.34. The Bertz CT molecular complexity index is 1280. The van der Waals surface area contributed by atoms with Gasteiger partial charge >= 0.3 is 186 Å². The second kappa shape index (κ2) is 7.94. The van der Waals surface area contributed by atoms with Crippen molar-refractivity contribution in [3.8, 4) is 20.3 Å². The van der Waals surface area contributed by atoms with Gasteiger partial charge in [0.05, 0.1) is 0 Å². The Hall–Kier alpha value is -3.55. The van der Waals surface area contributed by atoms with Gasteiger partial charge in [0, 0.05) is 0 Å². The van der Waals surface area contributed by atoms with Gasteiger partial charge in [-0.1, -0.05) is 0 Å². The van der Waals surface area contributed by atoms with E-state index in [4.69, 9.17) is 27.3 Å². The molecular weight excluding hydrogens is 455 g/mol. The third-order valence-corrected chi connectivity index (χ3v) is 7.71. The number of guanidine groups is 2. The van der Waals surface area contributed by atoms with Crippen LogP contribution in [0.2, 0.25) is 0 Å². The molecule has 9 heteroatoms. The number of imidazole rings is 1. The molecule has 2 heterocycles. The summed E-state index contributed by atoms with van der Waals surface area (Å²) in [6, 6.07) is 18.3. The van der Waals surface area contributed by atoms with Crippen molar-refractivity contribution < 1.29 is 0 Å². The standard InChI is InChI=1S/C22H24N8Se/c1-28(21(23)24)14-6-4-13(5-7-14)18-10-11-19(31-18)20-27-16-9-8-15(29(2)22(25)26)12-17(16)30(20)3/h4-12H,1-3H3,(H3,23,24)(H3,25,26). The summed E-state index contributed by atoms with van der Waals surface area (Å²) in [5.74, 6) is 0.968. The number of hydrogen-bond acceptors (Lipinski definition) is 3. The van der Waals surface area contributed by atoms with Gasteiger partial charge in [-0.3, -0.25) is 0 Å². The molecule has 6 N–H and O–H groups in total. The average molecular weight is 479 g/mol. The number of aryl methyl sites for hydroxylation is 1. The van der Waals surface area contributed by atoms with Gasteiger partial charge in [-0.15, -0.1) is 0 Å². The number of hydrogen-bond donors (Lipinski definition) is 4. The van der Waals surface area contributed by atoms with Crippen LogP contribution in [0, 0.1) is 10.8 Å². The summed E-state index contributed by atoms with van der Waals surface area (Å²) in [5.41, 5.74) is 16.0. The Balaban J connectivity index is 1.66. The number of nitrogens with one attached hydrogen (secondary N) is 2. The fourth-order valence-electron chi connectivity index (χ4n) is 3.35. The van der Waals surface area contributed by atoms with Crippen LogP contribution in [0.25, 0.3) is 31.3 Å². The number of nitrogens with zero attached hydrogens (tertiary/aromatic N) is 4. The van der Waals surface area contributed by atoms with E-state index < -0.39 is 0 Å². The molecule has 0 saturated carbocycles. The van der Waals surface area contributed by atoms with Crippen molar-refractivity contribution in [3.63, 3.8) is 0 Å². The van der Waals surface area contributed by atoms with Crippen LogP contribution in [0.1, 0.15) is 0 Å². The first kappa shape index (κ1) is 20.7. The summed E-state index contributed by atoms with van der Waals surface area (Å²) >= 11 is 0.127. The predicted molar refractivity (Wildman–Crippen MR) is 129 cm³/mol. The summed E-state index contributed by atoms with van der Waals surface area (Å²) in [6.07, 6.45) is 0. The van der Waals surface area contributed by atoms with Gasteiger partial charge < -0.3 is 0 Å². The molecule has 4 rings (SSSR count). The fourth-order valence-corrected chi connectivity index (χ4v) is 5.52. The molecule has 0 aliphatic carbocycles. The number of aromatic nitrogens is 2. The van der Waals surface area contributed by atoms with Gasteiger partial charge in [-0.2, -0.15) is 0 Å². The van der Waals surface area contributed by atoms with E-state index >= 15 is 0 Å². The van der Waals surface area contributed by atoms with Crippen LogP contribution in [-0.4, -0.2) is 50.1 Å². The monoisotopic (exact) mass is 480 g/mol. The van der Waals surface area contributed by atoms with Crippen molar-refractivity contribution >= 4 is 48.8 Å². The van der Waals surface area contributed by atoms with E-state index in [2.05, 4.69) is 28.8 Å². The Morgan fingerprint density at radius 3 is 2.10 bits per heavy atom. The number of fused-ring (bicyclic) bond motifs is 1. The van der Waals surface area contributed by atoms with E-state index in [-0.39, 0.29) is 26.4 Å². The molecule has 0 fully saturated rings. The van der Waals surface area contributed by atoms with Gasteiger partial charge in [0.2, 0.25) is 0 Å². The summed E-state index contributed by atoms with van der Waals surface area (Å²) in [5, 5.41) is 15.2. The molecule has 31 heavy (non-hydrogen) atoms. The summed E-state index contributed by atoms with van der Waals surface area (Å²) < 4.78 is 4.60. The second-order valence-corrected chi connectivity index (χ2v) is 9.54. The first-order chi connectivity index (χ1) is 14.8. The average Bonchev–Trinajstić information content (AvgIpc) is 3.37. The van der Waals surface area contributed by atoms with E-state index in [1.165, 1.54) is 8.87 Å². The van der Waals surface area contributed by atoms with Crippen molar-refractivity contribution in [2.75, 3.05) is 23.9 Å². The molecule has 0 bridgehead atoms. The number of anilines is 2. The maximum atomic E-state index is 7.65. The van der Waals surface area contributed by atoms with Crippen molar-refractivity contribution in [2.24, 2.45) is 18.5 Å². The minimum absolute atomic E-state index is 0.00191. The quantitative estimate of drug-likeness (QED) is 0.204. The number of benzene rings is 2. The first-order valence-electron chi connectivity index (χ1n) is 9.59. The van der Waals surface area contributed by atoms with E-state index in [9.17, 15) is 0 Å². The molecule has 0 amide bonds. The van der Waals surface area contributed by atoms with Gasteiger partial charge in [-0.25, -0.2) is 0 Å². The molecule has 8 nitrogen and oxygen atoms in total. The molecule has 0 spiro atoms. The minimum atomic E-state index is -0.00191. The van der Waals surface area contributed by atoms with Crippen LogP contribution < -0.4 is 21.3 Å². The Morgan fingerprint density at radius 2 is 1.45 bits per heavy atom. The number of nitrogens with two attached hydrogens (primary N) is 2. The van der Waals surface area contributed by atoms with Crippen molar-refractivity contribution in [1.82, 2.24) is 9.55 Å². The molecule has 2 aromatic carbocycles. The molecule has 0 atom stereocenters. The van der Waals surface area contributed by atoms with E-state index in [0.29, 0.717) is 0 Å². The van der Waals surface area contributed by atoms with E-state index in [1.54, 1.807) is 23.9 Å². The molecule has 4 aromatic rings. The van der Waals surface area contributed by atoms with Crippen molar-refractivity contribution in [1.29, 1.82) is 10.8 Å². The normalized spacial score (nSPS) is 10.9. The predicted octanol–water partition coefficient (Wildman–Crippen LogP) is 2.62. The summed E-state index contributed by atoms with van der Waals surface area (Å²) in [4.78, 5) is 8.13. The van der Waals surface area contributed by atoms with Crippen LogP contribution in [0.4, 0.5) is 11.4 Å². The number of rotatable bonds is 4. The molecule has 0 aliphatic heterocycles. The Kier molecular flexibility index (Phi) is 5.30. The van der Waals surface area contributed by atoms with E-state index in [1.807, 2.05) is 37.4 Å². The van der Waals surface area contributed by atoms with Gasteiger partial charge in [-0.05, 0) is 0 Å². The van der Waals surface area contributed by atoms with Gasteiger partial charge in [0.25, 0.3) is 0 Å². The Labute approximate surface area is 186 Å². The van der Waals surface area contributed by atoms with E-state index in [0.717, 1.165) is 33.8 Å². The maximum absolute atomic E-state index is 7.65. The zero-order valence-electron chi connectivity index (χ0n) is 17.5. The van der Waals surface area contributed by atoms with Crippen LogP contribution in [0.5, 0.6) is 0 Å². The van der Waals surface area contributed by atoms with Gasteiger partial charge in [0.15, 0.2) is 0 Å². The molecule has 158 valence electrons. The molecule has 0 aliphatic rings. The second-order valence-electron chi connectivity index (χ2n) is 7.27. The molecule has 0 unspecified atom stereocenters. The van der Waals surface area contributed by atoms with Crippen molar-refractivity contribution in [3.05, 3.63) is 54.6 Å². The topological polar surface area (TPSA) is 124 Å². The molecule has 0 saturated heterocycles. The summed E-state index contributed by atoms with van der Waals surface area (Å²) in [7, 11) is 5.57. The van der Waals surface area contributed by atoms with Crippen LogP contribution in [0.15, 0.2) is 54.6 Å². The van der Waals surface area contributed by atoms with Crippen LogP contribution in [-0.2, 0) is 7.05 Å². The van der Waals surface area contributed by atoms with Crippen LogP contribution in [0.3, 0.4) is 0 Å². The molecule has 0 radical (unpaired) electrons. The fraction of sp³-hybridized carbons (Fsp3) is 0.136. The molecular formula is C22H24N8Se. The van der Waals surface area contributed by atoms with Crippen molar-refractivity contribution in [2.45, 2.75) is 0 Å². The third kappa shape index (κ3) is 3.81. The molecule has 2 aromatic heterocycles.